The Balaban J connectivity index is 1.44. The van der Waals surface area contributed by atoms with Gasteiger partial charge in [0.15, 0.2) is 13.2 Å². The van der Waals surface area contributed by atoms with E-state index in [-0.39, 0.29) is 25.0 Å². The Labute approximate surface area is 178 Å². The average molecular weight is 411 g/mol. The van der Waals surface area contributed by atoms with Crippen LogP contribution in [0.3, 0.4) is 0 Å². The van der Waals surface area contributed by atoms with Gasteiger partial charge in [-0.15, -0.1) is 0 Å². The molecule has 1 saturated heterocycles. The Morgan fingerprint density at radius 3 is 1.43 bits per heavy atom. The van der Waals surface area contributed by atoms with Crippen molar-refractivity contribution in [3.8, 4) is 11.5 Å². The van der Waals surface area contributed by atoms with Crippen LogP contribution in [0.15, 0.2) is 36.4 Å². The minimum atomic E-state index is -0.0605. The molecule has 1 aliphatic heterocycles. The van der Waals surface area contributed by atoms with Gasteiger partial charge in [-0.25, -0.2) is 0 Å². The highest BCUT2D eigenvalue weighted by Crippen LogP contribution is 2.21. The predicted molar refractivity (Wildman–Crippen MR) is 116 cm³/mol. The third-order valence-electron chi connectivity index (χ3n) is 5.80. The number of aryl methyl sites for hydroxylation is 2. The highest BCUT2D eigenvalue weighted by atomic mass is 16.5. The van der Waals surface area contributed by atoms with Crippen LogP contribution in [-0.4, -0.2) is 61.0 Å². The van der Waals surface area contributed by atoms with Gasteiger partial charge in [-0.05, 0) is 62.1 Å². The van der Waals surface area contributed by atoms with Crippen LogP contribution < -0.4 is 9.47 Å². The van der Waals surface area contributed by atoms with Gasteiger partial charge in [0.2, 0.25) is 0 Å². The van der Waals surface area contributed by atoms with Gasteiger partial charge in [-0.1, -0.05) is 24.3 Å². The first-order chi connectivity index (χ1) is 14.4. The molecule has 0 N–H and O–H groups in total. The molecule has 0 bridgehead atoms. The van der Waals surface area contributed by atoms with Gasteiger partial charge >= 0.3 is 0 Å². The number of piperazine rings is 1. The lowest BCUT2D eigenvalue weighted by molar-refractivity contribution is -0.141. The number of hydrogen-bond acceptors (Lipinski definition) is 4. The lowest BCUT2D eigenvalue weighted by Crippen LogP contribution is -2.52. The molecule has 6 heteroatoms. The fourth-order valence-corrected chi connectivity index (χ4v) is 3.43. The van der Waals surface area contributed by atoms with E-state index in [2.05, 4.69) is 0 Å². The Morgan fingerprint density at radius 2 is 1.07 bits per heavy atom. The molecular weight excluding hydrogens is 380 g/mol. The lowest BCUT2D eigenvalue weighted by atomic mass is 10.1. The third kappa shape index (κ3) is 5.12. The second-order valence-corrected chi connectivity index (χ2v) is 7.74. The van der Waals surface area contributed by atoms with E-state index in [4.69, 9.17) is 9.47 Å². The summed E-state index contributed by atoms with van der Waals surface area (Å²) in [4.78, 5) is 28.5. The summed E-state index contributed by atoms with van der Waals surface area (Å²) in [5.41, 5.74) is 4.36. The number of carbonyl (C=O) groups is 2. The summed E-state index contributed by atoms with van der Waals surface area (Å²) in [6, 6.07) is 11.6. The van der Waals surface area contributed by atoms with Gasteiger partial charge in [-0.3, -0.25) is 9.59 Å². The van der Waals surface area contributed by atoms with Crippen LogP contribution in [0.25, 0.3) is 0 Å². The summed E-state index contributed by atoms with van der Waals surface area (Å²) in [5.74, 6) is 1.35. The number of hydrogen-bond donors (Lipinski definition) is 0. The third-order valence-corrected chi connectivity index (χ3v) is 5.80. The monoisotopic (exact) mass is 410 g/mol. The molecule has 1 aliphatic rings. The Morgan fingerprint density at radius 1 is 0.700 bits per heavy atom. The van der Waals surface area contributed by atoms with Gasteiger partial charge in [0.05, 0.1) is 0 Å². The standard InChI is InChI=1S/C24H30N2O4/c1-17-7-5-9-21(19(17)3)29-15-23(27)25-11-13-26(14-12-25)24(28)16-30-22-10-6-8-18(2)20(22)4/h5-10H,11-16H2,1-4H3. The van der Waals surface area contributed by atoms with Crippen molar-refractivity contribution in [2.75, 3.05) is 39.4 Å². The van der Waals surface area contributed by atoms with Crippen molar-refractivity contribution in [3.63, 3.8) is 0 Å². The van der Waals surface area contributed by atoms with E-state index in [9.17, 15) is 9.59 Å². The molecule has 0 aromatic heterocycles. The molecule has 160 valence electrons. The largest absolute Gasteiger partial charge is 0.483 e. The summed E-state index contributed by atoms with van der Waals surface area (Å²) in [5, 5.41) is 0. The van der Waals surface area contributed by atoms with Crippen molar-refractivity contribution >= 4 is 11.8 Å². The second-order valence-electron chi connectivity index (χ2n) is 7.74. The highest BCUT2D eigenvalue weighted by molar-refractivity contribution is 5.80. The zero-order valence-electron chi connectivity index (χ0n) is 18.2. The molecule has 1 heterocycles. The van der Waals surface area contributed by atoms with E-state index in [1.165, 1.54) is 0 Å². The van der Waals surface area contributed by atoms with E-state index < -0.39 is 0 Å². The van der Waals surface area contributed by atoms with Crippen LogP contribution in [-0.2, 0) is 9.59 Å². The van der Waals surface area contributed by atoms with E-state index in [1.807, 2.05) is 64.1 Å². The molecule has 1 fully saturated rings. The molecule has 2 amide bonds. The van der Waals surface area contributed by atoms with Crippen LogP contribution in [0.2, 0.25) is 0 Å². The summed E-state index contributed by atoms with van der Waals surface area (Å²) >= 11 is 0. The fourth-order valence-electron chi connectivity index (χ4n) is 3.43. The van der Waals surface area contributed by atoms with Crippen molar-refractivity contribution in [3.05, 3.63) is 58.7 Å². The minimum absolute atomic E-state index is 0.00792. The van der Waals surface area contributed by atoms with Crippen molar-refractivity contribution in [1.82, 2.24) is 9.80 Å². The van der Waals surface area contributed by atoms with Crippen molar-refractivity contribution in [2.24, 2.45) is 0 Å². The first-order valence-electron chi connectivity index (χ1n) is 10.3. The summed E-state index contributed by atoms with van der Waals surface area (Å²) in [7, 11) is 0. The zero-order valence-corrected chi connectivity index (χ0v) is 18.2. The molecule has 0 radical (unpaired) electrons. The normalized spacial score (nSPS) is 13.9. The first-order valence-corrected chi connectivity index (χ1v) is 10.3. The van der Waals surface area contributed by atoms with E-state index >= 15 is 0 Å². The lowest BCUT2D eigenvalue weighted by Gasteiger charge is -2.34. The molecule has 0 saturated carbocycles. The number of rotatable bonds is 6. The Bertz CT molecular complexity index is 842. The maximum Gasteiger partial charge on any atom is 0.260 e. The summed E-state index contributed by atoms with van der Waals surface area (Å²) in [6.07, 6.45) is 0. The molecule has 3 rings (SSSR count). The summed E-state index contributed by atoms with van der Waals surface area (Å²) < 4.78 is 11.4. The number of carbonyl (C=O) groups excluding carboxylic acids is 2. The second kappa shape index (κ2) is 9.65. The number of benzene rings is 2. The molecule has 30 heavy (non-hydrogen) atoms. The predicted octanol–water partition coefficient (Wildman–Crippen LogP) is 3.05. The van der Waals surface area contributed by atoms with Crippen LogP contribution in [0.1, 0.15) is 22.3 Å². The SMILES string of the molecule is Cc1cccc(OCC(=O)N2CCN(C(=O)COc3cccc(C)c3C)CC2)c1C. The maximum atomic E-state index is 12.5. The van der Waals surface area contributed by atoms with Crippen LogP contribution in [0.4, 0.5) is 0 Å². The molecule has 2 aromatic rings. The first kappa shape index (κ1) is 21.7. The number of amides is 2. The molecule has 6 nitrogen and oxygen atoms in total. The zero-order chi connectivity index (χ0) is 21.7. The quantitative estimate of drug-likeness (QED) is 0.735. The van der Waals surface area contributed by atoms with Crippen molar-refractivity contribution in [2.45, 2.75) is 27.7 Å². The van der Waals surface area contributed by atoms with Gasteiger partial charge in [-0.2, -0.15) is 0 Å². The Hall–Kier alpha value is -3.02. The molecule has 0 unspecified atom stereocenters. The average Bonchev–Trinajstić information content (AvgIpc) is 2.75. The van der Waals surface area contributed by atoms with E-state index in [1.54, 1.807) is 9.80 Å². The van der Waals surface area contributed by atoms with Gasteiger partial charge in [0.25, 0.3) is 11.8 Å². The fraction of sp³-hybridized carbons (Fsp3) is 0.417. The smallest absolute Gasteiger partial charge is 0.260 e. The van der Waals surface area contributed by atoms with Gasteiger partial charge in [0, 0.05) is 26.2 Å². The topological polar surface area (TPSA) is 59.1 Å². The molecular formula is C24H30N2O4. The highest BCUT2D eigenvalue weighted by Gasteiger charge is 2.24. The van der Waals surface area contributed by atoms with Gasteiger partial charge in [0.1, 0.15) is 11.5 Å². The van der Waals surface area contributed by atoms with Crippen LogP contribution in [0.5, 0.6) is 11.5 Å². The molecule has 0 atom stereocenters. The Kier molecular flexibility index (Phi) is 6.98. The van der Waals surface area contributed by atoms with Gasteiger partial charge < -0.3 is 19.3 Å². The molecule has 0 spiro atoms. The van der Waals surface area contributed by atoms with E-state index in [0.717, 1.165) is 33.8 Å². The maximum absolute atomic E-state index is 12.5. The van der Waals surface area contributed by atoms with Crippen molar-refractivity contribution in [1.29, 1.82) is 0 Å². The minimum Gasteiger partial charge on any atom is -0.483 e. The van der Waals surface area contributed by atoms with Crippen LogP contribution in [0, 0.1) is 27.7 Å². The van der Waals surface area contributed by atoms with Crippen LogP contribution >= 0.6 is 0 Å². The van der Waals surface area contributed by atoms with E-state index in [0.29, 0.717) is 26.2 Å². The number of nitrogens with zero attached hydrogens (tertiary/aromatic N) is 2. The molecule has 0 aliphatic carbocycles. The number of ether oxygens (including phenoxy) is 2. The summed E-state index contributed by atoms with van der Waals surface area (Å²) in [6.45, 7) is 10.0. The molecule has 2 aromatic carbocycles. The van der Waals surface area contributed by atoms with Crippen molar-refractivity contribution < 1.29 is 19.1 Å².